The predicted octanol–water partition coefficient (Wildman–Crippen LogP) is 1.37. The lowest BCUT2D eigenvalue weighted by Gasteiger charge is -2.11. The van der Waals surface area contributed by atoms with Crippen molar-refractivity contribution in [2.45, 2.75) is 13.8 Å². The molecule has 2 aromatic rings. The molecule has 0 saturated carbocycles. The highest BCUT2D eigenvalue weighted by atomic mass is 16.2. The fourth-order valence-electron chi connectivity index (χ4n) is 2.13. The van der Waals surface area contributed by atoms with E-state index < -0.39 is 0 Å². The molecule has 0 aliphatic carbocycles. The van der Waals surface area contributed by atoms with Crippen molar-refractivity contribution in [3.63, 3.8) is 0 Å². The molecule has 0 saturated heterocycles. The Bertz CT molecular complexity index is 703. The Morgan fingerprint density at radius 2 is 1.39 bits per heavy atom. The Morgan fingerprint density at radius 3 is 1.94 bits per heavy atom. The van der Waals surface area contributed by atoms with E-state index in [1.165, 1.54) is 17.7 Å². The highest BCUT2D eigenvalue weighted by molar-refractivity contribution is 5.61. The number of hydrogen-bond acceptors (Lipinski definition) is 2. The monoisotopic (exact) mass is 244 g/mol. The molecule has 94 valence electrons. The highest BCUT2D eigenvalue weighted by Gasteiger charge is 2.08. The van der Waals surface area contributed by atoms with Crippen LogP contribution < -0.4 is 11.2 Å². The molecule has 0 N–H and O–H groups in total. The molecule has 4 heteroatoms. The maximum atomic E-state index is 11.9. The average molecular weight is 244 g/mol. The van der Waals surface area contributed by atoms with E-state index in [9.17, 15) is 9.59 Å². The molecule has 1 heterocycles. The van der Waals surface area contributed by atoms with Crippen molar-refractivity contribution in [3.8, 4) is 11.3 Å². The fourth-order valence-corrected chi connectivity index (χ4v) is 2.13. The molecule has 2 rings (SSSR count). The van der Waals surface area contributed by atoms with E-state index in [1.54, 1.807) is 7.05 Å². The smallest absolute Gasteiger partial charge is 0.296 e. The average Bonchev–Trinajstić information content (AvgIpc) is 2.30. The lowest BCUT2D eigenvalue weighted by Crippen LogP contribution is -2.37. The number of aryl methyl sites for hydroxylation is 2. The Labute approximate surface area is 105 Å². The molecule has 0 bridgehead atoms. The summed E-state index contributed by atoms with van der Waals surface area (Å²) in [5, 5.41) is 0. The summed E-state index contributed by atoms with van der Waals surface area (Å²) < 4.78 is 2.60. The first-order chi connectivity index (χ1) is 8.40. The highest BCUT2D eigenvalue weighted by Crippen LogP contribution is 2.19. The lowest BCUT2D eigenvalue weighted by atomic mass is 10.0. The maximum absolute atomic E-state index is 11.9. The van der Waals surface area contributed by atoms with Gasteiger partial charge >= 0.3 is 5.69 Å². The normalized spacial score (nSPS) is 10.7. The molecule has 0 unspecified atom stereocenters. The van der Waals surface area contributed by atoms with Gasteiger partial charge in [0.1, 0.15) is 0 Å². The van der Waals surface area contributed by atoms with Gasteiger partial charge in [0.25, 0.3) is 5.56 Å². The molecular weight excluding hydrogens is 228 g/mol. The van der Waals surface area contributed by atoms with Crippen molar-refractivity contribution in [1.82, 2.24) is 9.13 Å². The molecule has 0 fully saturated rings. The topological polar surface area (TPSA) is 44.0 Å². The summed E-state index contributed by atoms with van der Waals surface area (Å²) in [6, 6.07) is 7.50. The number of nitrogens with zero attached hydrogens (tertiary/aromatic N) is 2. The summed E-state index contributed by atoms with van der Waals surface area (Å²) in [5.74, 6) is 0. The minimum absolute atomic E-state index is 0.285. The van der Waals surface area contributed by atoms with E-state index in [1.807, 2.05) is 26.0 Å². The van der Waals surface area contributed by atoms with Gasteiger partial charge in [-0.3, -0.25) is 13.9 Å². The third-order valence-corrected chi connectivity index (χ3v) is 3.04. The van der Waals surface area contributed by atoms with Crippen LogP contribution in [0.15, 0.2) is 33.9 Å². The zero-order chi connectivity index (χ0) is 13.4. The van der Waals surface area contributed by atoms with Gasteiger partial charge in [0.15, 0.2) is 0 Å². The van der Waals surface area contributed by atoms with Gasteiger partial charge in [-0.05, 0) is 31.5 Å². The first kappa shape index (κ1) is 12.4. The molecule has 0 aliphatic rings. The van der Waals surface area contributed by atoms with Gasteiger partial charge in [0.2, 0.25) is 0 Å². The van der Waals surface area contributed by atoms with Crippen molar-refractivity contribution >= 4 is 0 Å². The van der Waals surface area contributed by atoms with Gasteiger partial charge in [-0.1, -0.05) is 17.2 Å². The molecule has 18 heavy (non-hydrogen) atoms. The zero-order valence-electron chi connectivity index (χ0n) is 11.0. The first-order valence-electron chi connectivity index (χ1n) is 5.76. The van der Waals surface area contributed by atoms with E-state index in [0.29, 0.717) is 5.69 Å². The van der Waals surface area contributed by atoms with Crippen LogP contribution in [0.25, 0.3) is 11.3 Å². The molecule has 1 aromatic heterocycles. The Morgan fingerprint density at radius 1 is 0.833 bits per heavy atom. The van der Waals surface area contributed by atoms with Crippen LogP contribution in [0.1, 0.15) is 11.1 Å². The molecule has 0 amide bonds. The standard InChI is InChI=1S/C14H16N2O2/c1-9-5-10(2)7-11(6-9)12-8-13(17)16(4)14(18)15(12)3/h5-8H,1-4H3. The molecule has 0 radical (unpaired) electrons. The van der Waals surface area contributed by atoms with Gasteiger partial charge < -0.3 is 0 Å². The minimum atomic E-state index is -0.309. The van der Waals surface area contributed by atoms with Crippen molar-refractivity contribution in [2.75, 3.05) is 0 Å². The van der Waals surface area contributed by atoms with Gasteiger partial charge in [-0.25, -0.2) is 4.79 Å². The lowest BCUT2D eigenvalue weighted by molar-refractivity contribution is 0.692. The van der Waals surface area contributed by atoms with Crippen LogP contribution in [-0.2, 0) is 14.1 Å². The van der Waals surface area contributed by atoms with Crippen LogP contribution >= 0.6 is 0 Å². The fraction of sp³-hybridized carbons (Fsp3) is 0.286. The van der Waals surface area contributed by atoms with Crippen LogP contribution in [0.5, 0.6) is 0 Å². The van der Waals surface area contributed by atoms with Crippen molar-refractivity contribution in [2.24, 2.45) is 14.1 Å². The maximum Gasteiger partial charge on any atom is 0.330 e. The van der Waals surface area contributed by atoms with Crippen molar-refractivity contribution < 1.29 is 0 Å². The first-order valence-corrected chi connectivity index (χ1v) is 5.76. The largest absolute Gasteiger partial charge is 0.330 e. The third kappa shape index (κ3) is 2.01. The summed E-state index contributed by atoms with van der Waals surface area (Å²) in [6.45, 7) is 3.99. The SMILES string of the molecule is Cc1cc(C)cc(-c2cc(=O)n(C)c(=O)n2C)c1. The van der Waals surface area contributed by atoms with Gasteiger partial charge in [-0.15, -0.1) is 0 Å². The van der Waals surface area contributed by atoms with Crippen molar-refractivity contribution in [3.05, 3.63) is 56.2 Å². The molecular formula is C14H16N2O2. The summed E-state index contributed by atoms with van der Waals surface area (Å²) in [5.41, 5.74) is 3.17. The zero-order valence-corrected chi connectivity index (χ0v) is 11.0. The second kappa shape index (κ2) is 4.29. The number of rotatable bonds is 1. The molecule has 0 spiro atoms. The van der Waals surface area contributed by atoms with Crippen LogP contribution in [-0.4, -0.2) is 9.13 Å². The van der Waals surface area contributed by atoms with E-state index in [2.05, 4.69) is 6.07 Å². The third-order valence-electron chi connectivity index (χ3n) is 3.04. The molecule has 0 atom stereocenters. The second-order valence-electron chi connectivity index (χ2n) is 4.64. The quantitative estimate of drug-likeness (QED) is 0.760. The molecule has 1 aromatic carbocycles. The van der Waals surface area contributed by atoms with Gasteiger partial charge in [0.05, 0.1) is 5.69 Å². The molecule has 4 nitrogen and oxygen atoms in total. The van der Waals surface area contributed by atoms with Gasteiger partial charge in [-0.2, -0.15) is 0 Å². The van der Waals surface area contributed by atoms with E-state index >= 15 is 0 Å². The minimum Gasteiger partial charge on any atom is -0.296 e. The van der Waals surface area contributed by atoms with Crippen LogP contribution in [0, 0.1) is 13.8 Å². The number of hydrogen-bond donors (Lipinski definition) is 0. The van der Waals surface area contributed by atoms with Crippen LogP contribution in [0.4, 0.5) is 0 Å². The second-order valence-corrected chi connectivity index (χ2v) is 4.64. The number of benzene rings is 1. The summed E-state index contributed by atoms with van der Waals surface area (Å²) >= 11 is 0. The Hall–Kier alpha value is -2.10. The summed E-state index contributed by atoms with van der Waals surface area (Å²) in [4.78, 5) is 23.6. The van der Waals surface area contributed by atoms with E-state index in [-0.39, 0.29) is 11.2 Å². The van der Waals surface area contributed by atoms with Crippen molar-refractivity contribution in [1.29, 1.82) is 0 Å². The summed E-state index contributed by atoms with van der Waals surface area (Å²) in [7, 11) is 3.16. The van der Waals surface area contributed by atoms with Crippen LogP contribution in [0.2, 0.25) is 0 Å². The Kier molecular flexibility index (Phi) is 2.95. The summed E-state index contributed by atoms with van der Waals surface area (Å²) in [6.07, 6.45) is 0. The van der Waals surface area contributed by atoms with E-state index in [0.717, 1.165) is 21.3 Å². The van der Waals surface area contributed by atoms with Gasteiger partial charge in [0, 0.05) is 20.2 Å². The predicted molar refractivity (Wildman–Crippen MR) is 71.8 cm³/mol. The van der Waals surface area contributed by atoms with E-state index in [4.69, 9.17) is 0 Å². The van der Waals surface area contributed by atoms with Crippen LogP contribution in [0.3, 0.4) is 0 Å². The Balaban J connectivity index is 2.80. The molecule has 0 aliphatic heterocycles. The number of aromatic nitrogens is 2.